The van der Waals surface area contributed by atoms with Gasteiger partial charge in [-0.2, -0.15) is 0 Å². The number of nitrogens with one attached hydrogen (secondary N) is 1. The average molecular weight is 309 g/mol. The summed E-state index contributed by atoms with van der Waals surface area (Å²) >= 11 is 0. The van der Waals surface area contributed by atoms with Gasteiger partial charge in [-0.15, -0.1) is 0 Å². The number of piperidine rings is 1. The number of ether oxygens (including phenoxy) is 1. The molecule has 1 N–H and O–H groups in total. The minimum Gasteiger partial charge on any atom is -0.427 e. The molecule has 0 saturated carbocycles. The third-order valence-electron chi connectivity index (χ3n) is 4.17. The largest absolute Gasteiger partial charge is 0.427 e. The molecule has 1 amide bonds. The molecule has 1 saturated heterocycles. The summed E-state index contributed by atoms with van der Waals surface area (Å²) in [6, 6.07) is 17.3. The summed E-state index contributed by atoms with van der Waals surface area (Å²) in [5.41, 5.74) is 2.11. The highest BCUT2D eigenvalue weighted by Crippen LogP contribution is 2.38. The number of esters is 1. The number of amides is 1. The number of benzene rings is 2. The van der Waals surface area contributed by atoms with Crippen LogP contribution in [-0.2, 0) is 9.59 Å². The molecule has 0 radical (unpaired) electrons. The summed E-state index contributed by atoms with van der Waals surface area (Å²) in [7, 11) is 0. The summed E-state index contributed by atoms with van der Waals surface area (Å²) in [6.45, 7) is 2.06. The normalized spacial score (nSPS) is 20.7. The maximum absolute atomic E-state index is 12.4. The van der Waals surface area contributed by atoms with Gasteiger partial charge >= 0.3 is 5.97 Å². The third-order valence-corrected chi connectivity index (χ3v) is 4.17. The van der Waals surface area contributed by atoms with Crippen LogP contribution in [-0.4, -0.2) is 18.4 Å². The van der Waals surface area contributed by atoms with Crippen molar-refractivity contribution in [1.29, 1.82) is 0 Å². The van der Waals surface area contributed by atoms with Crippen LogP contribution in [0.2, 0.25) is 0 Å². The van der Waals surface area contributed by atoms with Crippen molar-refractivity contribution in [1.82, 2.24) is 5.32 Å². The molecule has 23 heavy (non-hydrogen) atoms. The molecular weight excluding hydrogens is 290 g/mol. The zero-order chi connectivity index (χ0) is 16.2. The molecule has 1 aliphatic rings. The molecule has 0 unspecified atom stereocenters. The van der Waals surface area contributed by atoms with Gasteiger partial charge in [0.05, 0.1) is 5.92 Å². The topological polar surface area (TPSA) is 55.4 Å². The van der Waals surface area contributed by atoms with Crippen molar-refractivity contribution in [2.45, 2.75) is 25.2 Å². The Kier molecular flexibility index (Phi) is 4.42. The van der Waals surface area contributed by atoms with Gasteiger partial charge in [-0.3, -0.25) is 9.59 Å². The fourth-order valence-electron chi connectivity index (χ4n) is 3.16. The average Bonchev–Trinajstić information content (AvgIpc) is 2.55. The van der Waals surface area contributed by atoms with E-state index in [0.29, 0.717) is 12.3 Å². The molecule has 1 aliphatic heterocycles. The van der Waals surface area contributed by atoms with E-state index in [2.05, 4.69) is 5.32 Å². The fourth-order valence-corrected chi connectivity index (χ4v) is 3.16. The lowest BCUT2D eigenvalue weighted by molar-refractivity contribution is -0.131. The van der Waals surface area contributed by atoms with Gasteiger partial charge in [-0.1, -0.05) is 42.5 Å². The molecule has 0 bridgehead atoms. The second-order valence-electron chi connectivity index (χ2n) is 5.74. The fraction of sp³-hybridized carbons (Fsp3) is 0.263. The minimum absolute atomic E-state index is 0.0662. The molecule has 2 aromatic carbocycles. The Morgan fingerprint density at radius 3 is 2.39 bits per heavy atom. The van der Waals surface area contributed by atoms with Gasteiger partial charge in [0.15, 0.2) is 0 Å². The molecule has 2 aromatic rings. The summed E-state index contributed by atoms with van der Waals surface area (Å²) in [5.74, 6) is 0.188. The molecule has 2 atom stereocenters. The second kappa shape index (κ2) is 6.65. The van der Waals surface area contributed by atoms with Gasteiger partial charge in [-0.05, 0) is 29.7 Å². The van der Waals surface area contributed by atoms with Crippen LogP contribution < -0.4 is 10.1 Å². The van der Waals surface area contributed by atoms with Gasteiger partial charge in [0.2, 0.25) is 5.91 Å². The molecule has 1 heterocycles. The molecule has 3 rings (SSSR count). The zero-order valence-corrected chi connectivity index (χ0v) is 13.0. The van der Waals surface area contributed by atoms with Gasteiger partial charge < -0.3 is 10.1 Å². The lowest BCUT2D eigenvalue weighted by Crippen LogP contribution is -2.39. The highest BCUT2D eigenvalue weighted by molar-refractivity contribution is 5.85. The van der Waals surface area contributed by atoms with Crippen molar-refractivity contribution in [3.05, 3.63) is 65.7 Å². The smallest absolute Gasteiger partial charge is 0.308 e. The Balaban J connectivity index is 1.89. The molecule has 118 valence electrons. The first-order chi connectivity index (χ1) is 11.1. The maximum atomic E-state index is 12.4. The van der Waals surface area contributed by atoms with Gasteiger partial charge in [0.25, 0.3) is 0 Å². The highest BCUT2D eigenvalue weighted by atomic mass is 16.5. The number of hydrogen-bond donors (Lipinski definition) is 1. The number of carbonyl (C=O) groups is 2. The molecule has 4 heteroatoms. The minimum atomic E-state index is -0.336. The molecule has 4 nitrogen and oxygen atoms in total. The summed E-state index contributed by atoms with van der Waals surface area (Å²) < 4.78 is 5.07. The van der Waals surface area contributed by atoms with Crippen LogP contribution in [0, 0.1) is 0 Å². The maximum Gasteiger partial charge on any atom is 0.308 e. The number of carbonyl (C=O) groups excluding carboxylic acids is 2. The van der Waals surface area contributed by atoms with E-state index in [1.165, 1.54) is 6.92 Å². The zero-order valence-electron chi connectivity index (χ0n) is 13.0. The van der Waals surface area contributed by atoms with Crippen LogP contribution in [0.25, 0.3) is 0 Å². The van der Waals surface area contributed by atoms with Gasteiger partial charge in [0.1, 0.15) is 5.75 Å². The van der Waals surface area contributed by atoms with Gasteiger partial charge in [-0.25, -0.2) is 0 Å². The second-order valence-corrected chi connectivity index (χ2v) is 5.74. The molecule has 0 spiro atoms. The van der Waals surface area contributed by atoms with E-state index in [-0.39, 0.29) is 23.7 Å². The number of hydrogen-bond acceptors (Lipinski definition) is 3. The van der Waals surface area contributed by atoms with E-state index >= 15 is 0 Å². The Bertz CT molecular complexity index is 694. The van der Waals surface area contributed by atoms with Crippen LogP contribution in [0.5, 0.6) is 5.75 Å². The van der Waals surface area contributed by atoms with Gasteiger partial charge in [0, 0.05) is 19.4 Å². The molecule has 1 fully saturated rings. The monoisotopic (exact) mass is 309 g/mol. The van der Waals surface area contributed by atoms with E-state index in [9.17, 15) is 9.59 Å². The molecular formula is C19H19NO3. The first-order valence-corrected chi connectivity index (χ1v) is 7.76. The Morgan fingerprint density at radius 2 is 1.74 bits per heavy atom. The van der Waals surface area contributed by atoms with E-state index in [0.717, 1.165) is 17.5 Å². The summed E-state index contributed by atoms with van der Waals surface area (Å²) in [6.07, 6.45) is 0.887. The predicted octanol–water partition coefficient (Wildman–Crippen LogP) is 3.00. The van der Waals surface area contributed by atoms with Crippen LogP contribution in [0.1, 0.15) is 36.3 Å². The summed E-state index contributed by atoms with van der Waals surface area (Å²) in [4.78, 5) is 23.4. The van der Waals surface area contributed by atoms with E-state index in [1.807, 2.05) is 42.5 Å². The van der Waals surface area contributed by atoms with Crippen molar-refractivity contribution in [2.75, 3.05) is 6.54 Å². The third kappa shape index (κ3) is 3.42. The van der Waals surface area contributed by atoms with E-state index in [4.69, 9.17) is 4.74 Å². The van der Waals surface area contributed by atoms with E-state index < -0.39 is 0 Å². The quantitative estimate of drug-likeness (QED) is 0.700. The number of rotatable bonds is 3. The Hall–Kier alpha value is -2.62. The first-order valence-electron chi connectivity index (χ1n) is 7.76. The van der Waals surface area contributed by atoms with Crippen molar-refractivity contribution in [3.8, 4) is 5.75 Å². The predicted molar refractivity (Wildman–Crippen MR) is 87.3 cm³/mol. The Labute approximate surface area is 135 Å². The lowest BCUT2D eigenvalue weighted by Gasteiger charge is -2.32. The Morgan fingerprint density at radius 1 is 1.04 bits per heavy atom. The summed E-state index contributed by atoms with van der Waals surface area (Å²) in [5, 5.41) is 2.96. The van der Waals surface area contributed by atoms with Crippen molar-refractivity contribution in [2.24, 2.45) is 0 Å². The van der Waals surface area contributed by atoms with Crippen LogP contribution >= 0.6 is 0 Å². The molecule has 0 aromatic heterocycles. The van der Waals surface area contributed by atoms with Crippen molar-refractivity contribution < 1.29 is 14.3 Å². The van der Waals surface area contributed by atoms with E-state index in [1.54, 1.807) is 12.1 Å². The standard InChI is InChI=1S/C19H19NO3/c1-13(21)23-16-9-7-14(8-10-16)17-11-12-20-19(22)18(17)15-5-3-2-4-6-15/h2-10,17-18H,11-12H2,1H3,(H,20,22)/t17-,18-/m0/s1. The van der Waals surface area contributed by atoms with Crippen LogP contribution in [0.3, 0.4) is 0 Å². The van der Waals surface area contributed by atoms with Crippen LogP contribution in [0.4, 0.5) is 0 Å². The first kappa shape index (κ1) is 15.3. The van der Waals surface area contributed by atoms with Crippen molar-refractivity contribution >= 4 is 11.9 Å². The highest BCUT2D eigenvalue weighted by Gasteiger charge is 2.34. The SMILES string of the molecule is CC(=O)Oc1ccc([C@@H]2CCNC(=O)[C@H]2c2ccccc2)cc1. The molecule has 0 aliphatic carbocycles. The van der Waals surface area contributed by atoms with Crippen molar-refractivity contribution in [3.63, 3.8) is 0 Å². The lowest BCUT2D eigenvalue weighted by atomic mass is 9.77. The van der Waals surface area contributed by atoms with Crippen LogP contribution in [0.15, 0.2) is 54.6 Å².